The van der Waals surface area contributed by atoms with Crippen molar-refractivity contribution < 1.29 is 14.3 Å². The minimum atomic E-state index is -0.457. The van der Waals surface area contributed by atoms with E-state index in [2.05, 4.69) is 21.9 Å². The molecule has 0 bridgehead atoms. The van der Waals surface area contributed by atoms with Crippen molar-refractivity contribution in [3.8, 4) is 0 Å². The molecule has 0 spiro atoms. The van der Waals surface area contributed by atoms with Crippen molar-refractivity contribution in [3.63, 3.8) is 0 Å². The molecule has 1 amide bonds. The largest absolute Gasteiger partial charge is 0.371 e. The fraction of sp³-hybridized carbons (Fsp3) is 0.333. The molecule has 3 unspecified atom stereocenters. The first-order valence-corrected chi connectivity index (χ1v) is 6.88. The fourth-order valence-corrected chi connectivity index (χ4v) is 2.75. The lowest BCUT2D eigenvalue weighted by atomic mass is 9.87. The van der Waals surface area contributed by atoms with Gasteiger partial charge in [-0.05, 0) is 11.6 Å². The average molecular weight is 285 g/mol. The Morgan fingerprint density at radius 3 is 3.05 bits per heavy atom. The van der Waals surface area contributed by atoms with Crippen LogP contribution in [0.4, 0.5) is 0 Å². The number of ether oxygens (including phenoxy) is 2. The van der Waals surface area contributed by atoms with E-state index in [1.54, 1.807) is 12.4 Å². The fourth-order valence-electron chi connectivity index (χ4n) is 2.75. The molecule has 3 heterocycles. The quantitative estimate of drug-likeness (QED) is 0.802. The highest BCUT2D eigenvalue weighted by Crippen LogP contribution is 2.39. The Morgan fingerprint density at radius 1 is 1.48 bits per heavy atom. The van der Waals surface area contributed by atoms with E-state index in [0.29, 0.717) is 12.4 Å². The van der Waals surface area contributed by atoms with Crippen molar-refractivity contribution in [3.05, 3.63) is 53.8 Å². The maximum atomic E-state index is 12.3. The number of carbonyl (C=O) groups excluding carboxylic acids is 1. The second-order valence-corrected chi connectivity index (χ2v) is 5.34. The molecule has 1 aromatic heterocycles. The van der Waals surface area contributed by atoms with E-state index in [9.17, 15) is 4.79 Å². The minimum absolute atomic E-state index is 0.0921. The van der Waals surface area contributed by atoms with Gasteiger partial charge in [-0.15, -0.1) is 0 Å². The lowest BCUT2D eigenvalue weighted by Crippen LogP contribution is -2.26. The molecule has 108 valence electrons. The van der Waals surface area contributed by atoms with Gasteiger partial charge >= 0.3 is 0 Å². The predicted molar refractivity (Wildman–Crippen MR) is 74.3 cm³/mol. The van der Waals surface area contributed by atoms with Crippen LogP contribution in [0.15, 0.2) is 48.0 Å². The first kappa shape index (κ1) is 12.6. The van der Waals surface area contributed by atoms with Crippen LogP contribution < -0.4 is 5.32 Å². The van der Waals surface area contributed by atoms with E-state index >= 15 is 0 Å². The molecule has 0 radical (unpaired) electrons. The molecule has 1 fully saturated rings. The van der Waals surface area contributed by atoms with Crippen LogP contribution in [-0.2, 0) is 14.3 Å². The van der Waals surface area contributed by atoms with Crippen LogP contribution in [0.25, 0.3) is 0 Å². The summed E-state index contributed by atoms with van der Waals surface area (Å²) in [5.41, 5.74) is 2.50. The maximum absolute atomic E-state index is 12.3. The number of carbonyl (C=O) groups is 1. The van der Waals surface area contributed by atoms with Crippen LogP contribution in [0.1, 0.15) is 11.7 Å². The number of imidazole rings is 1. The number of H-pyrrole nitrogens is 1. The van der Waals surface area contributed by atoms with Crippen LogP contribution >= 0.6 is 0 Å². The van der Waals surface area contributed by atoms with E-state index in [-0.39, 0.29) is 18.1 Å². The van der Waals surface area contributed by atoms with Gasteiger partial charge in [-0.25, -0.2) is 4.98 Å². The van der Waals surface area contributed by atoms with E-state index in [1.807, 2.05) is 12.2 Å². The summed E-state index contributed by atoms with van der Waals surface area (Å²) in [5, 5.41) is 2.89. The number of hydrogen-bond donors (Lipinski definition) is 2. The molecule has 21 heavy (non-hydrogen) atoms. The SMILES string of the molecule is C=C1C=CC2=C(C1OCC1CO1)C(c1ncc[nH]1)C(=O)N2. The topological polar surface area (TPSA) is 79.5 Å². The summed E-state index contributed by atoms with van der Waals surface area (Å²) >= 11 is 0. The van der Waals surface area contributed by atoms with Crippen LogP contribution in [0.2, 0.25) is 0 Å². The summed E-state index contributed by atoms with van der Waals surface area (Å²) in [6, 6.07) is 0. The molecule has 3 atom stereocenters. The Bertz CT molecular complexity index is 656. The summed E-state index contributed by atoms with van der Waals surface area (Å²) < 4.78 is 11.1. The zero-order chi connectivity index (χ0) is 14.4. The average Bonchev–Trinajstić information content (AvgIpc) is 3.01. The van der Waals surface area contributed by atoms with Crippen molar-refractivity contribution in [1.29, 1.82) is 0 Å². The summed E-state index contributed by atoms with van der Waals surface area (Å²) in [4.78, 5) is 19.5. The predicted octanol–water partition coefficient (Wildman–Crippen LogP) is 0.787. The lowest BCUT2D eigenvalue weighted by Gasteiger charge is -2.25. The highest BCUT2D eigenvalue weighted by atomic mass is 16.6. The Hall–Kier alpha value is -2.18. The lowest BCUT2D eigenvalue weighted by molar-refractivity contribution is -0.120. The Kier molecular flexibility index (Phi) is 2.80. The van der Waals surface area contributed by atoms with Crippen molar-refractivity contribution in [2.45, 2.75) is 18.1 Å². The van der Waals surface area contributed by atoms with Crippen LogP contribution in [-0.4, -0.2) is 41.3 Å². The van der Waals surface area contributed by atoms with Gasteiger partial charge in [0.05, 0.1) is 13.2 Å². The van der Waals surface area contributed by atoms with Crippen molar-refractivity contribution >= 4 is 5.91 Å². The number of amides is 1. The summed E-state index contributed by atoms with van der Waals surface area (Å²) in [7, 11) is 0. The number of rotatable bonds is 4. The Balaban J connectivity index is 1.68. The van der Waals surface area contributed by atoms with Crippen LogP contribution in [0, 0.1) is 0 Å². The molecule has 3 aliphatic rings. The number of nitrogens with one attached hydrogen (secondary N) is 2. The number of hydrogen-bond acceptors (Lipinski definition) is 4. The maximum Gasteiger partial charge on any atom is 0.239 e. The standard InChI is InChI=1S/C15H15N3O3/c1-8-2-3-10-11(13(8)21-7-9-6-20-9)12(15(19)18-10)14-16-4-5-17-14/h2-5,9,12-13H,1,6-7H2,(H,16,17)(H,18,19). The third-order valence-corrected chi connectivity index (χ3v) is 3.87. The molecule has 6 heteroatoms. The molecule has 6 nitrogen and oxygen atoms in total. The van der Waals surface area contributed by atoms with Gasteiger partial charge in [-0.2, -0.15) is 0 Å². The highest BCUT2D eigenvalue weighted by molar-refractivity contribution is 5.93. The Labute approximate surface area is 121 Å². The summed E-state index contributed by atoms with van der Waals surface area (Å²) in [6.07, 6.45) is 6.95. The zero-order valence-corrected chi connectivity index (χ0v) is 11.3. The monoisotopic (exact) mass is 285 g/mol. The molecule has 4 rings (SSSR count). The second-order valence-electron chi connectivity index (χ2n) is 5.34. The van der Waals surface area contributed by atoms with Gasteiger partial charge < -0.3 is 19.8 Å². The normalized spacial score (nSPS) is 30.6. The van der Waals surface area contributed by atoms with Crippen molar-refractivity contribution in [1.82, 2.24) is 15.3 Å². The van der Waals surface area contributed by atoms with E-state index in [1.165, 1.54) is 0 Å². The molecule has 0 aromatic carbocycles. The second kappa shape index (κ2) is 4.68. The Morgan fingerprint density at radius 2 is 2.33 bits per heavy atom. The number of allylic oxidation sites excluding steroid dienone is 1. The molecule has 1 saturated heterocycles. The molecule has 1 aliphatic carbocycles. The van der Waals surface area contributed by atoms with Crippen LogP contribution in [0.3, 0.4) is 0 Å². The first-order chi connectivity index (χ1) is 10.2. The smallest absolute Gasteiger partial charge is 0.239 e. The van der Waals surface area contributed by atoms with Crippen molar-refractivity contribution in [2.75, 3.05) is 13.2 Å². The first-order valence-electron chi connectivity index (χ1n) is 6.88. The van der Waals surface area contributed by atoms with Crippen LogP contribution in [0.5, 0.6) is 0 Å². The number of aromatic nitrogens is 2. The summed E-state index contributed by atoms with van der Waals surface area (Å²) in [6.45, 7) is 5.28. The number of nitrogens with zero attached hydrogens (tertiary/aromatic N) is 1. The molecular weight excluding hydrogens is 270 g/mol. The molecule has 2 aliphatic heterocycles. The van der Waals surface area contributed by atoms with E-state index < -0.39 is 5.92 Å². The minimum Gasteiger partial charge on any atom is -0.371 e. The number of epoxide rings is 1. The van der Waals surface area contributed by atoms with Crippen molar-refractivity contribution in [2.24, 2.45) is 0 Å². The van der Waals surface area contributed by atoms with E-state index in [0.717, 1.165) is 23.5 Å². The third-order valence-electron chi connectivity index (χ3n) is 3.87. The summed E-state index contributed by atoms with van der Waals surface area (Å²) in [5.74, 6) is 0.0734. The third kappa shape index (κ3) is 2.12. The highest BCUT2D eigenvalue weighted by Gasteiger charge is 2.42. The van der Waals surface area contributed by atoms with Gasteiger partial charge in [0.1, 0.15) is 24.0 Å². The molecular formula is C15H15N3O3. The van der Waals surface area contributed by atoms with Gasteiger partial charge in [0.25, 0.3) is 0 Å². The number of aromatic amines is 1. The van der Waals surface area contributed by atoms with Gasteiger partial charge in [0.2, 0.25) is 5.91 Å². The molecule has 2 N–H and O–H groups in total. The van der Waals surface area contributed by atoms with Gasteiger partial charge in [-0.1, -0.05) is 12.7 Å². The molecule has 1 aromatic rings. The van der Waals surface area contributed by atoms with Gasteiger partial charge in [0.15, 0.2) is 0 Å². The van der Waals surface area contributed by atoms with E-state index in [4.69, 9.17) is 9.47 Å². The van der Waals surface area contributed by atoms with Gasteiger partial charge in [-0.3, -0.25) is 4.79 Å². The molecule has 0 saturated carbocycles. The van der Waals surface area contributed by atoms with Gasteiger partial charge in [0, 0.05) is 23.7 Å². The zero-order valence-electron chi connectivity index (χ0n) is 11.3.